The number of nitrogens with two attached hydrogens (primary N) is 1. The lowest BCUT2D eigenvalue weighted by molar-refractivity contribution is 0.0958. The van der Waals surface area contributed by atoms with Crippen LogP contribution in [0.1, 0.15) is 29.4 Å². The molecule has 0 atom stereocenters. The average molecular weight is 166 g/mol. The summed E-state index contributed by atoms with van der Waals surface area (Å²) < 4.78 is 4.59. The fourth-order valence-electron chi connectivity index (χ4n) is 0.876. The predicted molar refractivity (Wildman–Crippen MR) is 38.9 cm³/mol. The molecule has 0 bridgehead atoms. The van der Waals surface area contributed by atoms with E-state index >= 15 is 0 Å². The van der Waals surface area contributed by atoms with E-state index in [1.165, 1.54) is 12.8 Å². The van der Waals surface area contributed by atoms with Crippen molar-refractivity contribution < 1.29 is 9.32 Å². The zero-order valence-electron chi connectivity index (χ0n) is 6.36. The Morgan fingerprint density at radius 1 is 1.67 bits per heavy atom. The minimum absolute atomic E-state index is 0.123. The molecular weight excluding hydrogens is 158 g/mol. The zero-order valence-corrected chi connectivity index (χ0v) is 6.36. The Kier molecular flexibility index (Phi) is 1.56. The number of carbonyl (C=O) groups is 1. The van der Waals surface area contributed by atoms with Gasteiger partial charge in [-0.1, -0.05) is 5.16 Å². The first-order chi connectivity index (χ1) is 5.75. The Balaban J connectivity index is 2.06. The van der Waals surface area contributed by atoms with Gasteiger partial charge in [0.2, 0.25) is 0 Å². The third-order valence-electron chi connectivity index (χ3n) is 1.66. The predicted octanol–water partition coefficient (Wildman–Crippen LogP) is 0.131. The normalized spacial score (nSPS) is 16.3. The van der Waals surface area contributed by atoms with Gasteiger partial charge in [-0.25, -0.2) is 0 Å². The first kappa shape index (κ1) is 7.27. The van der Waals surface area contributed by atoms with Crippen LogP contribution in [-0.4, -0.2) is 16.0 Å². The standard InChI is InChI=1S/C7H8N3O2/c8-6(11)7-9-5(10-12-7)3-4-1-2-4/h3-4H,1-2H2,(H2,8,11). The molecule has 1 aliphatic carbocycles. The summed E-state index contributed by atoms with van der Waals surface area (Å²) in [5.41, 5.74) is 4.92. The summed E-state index contributed by atoms with van der Waals surface area (Å²) in [6, 6.07) is 0. The van der Waals surface area contributed by atoms with Gasteiger partial charge in [-0.3, -0.25) is 4.79 Å². The average Bonchev–Trinajstić information content (AvgIpc) is 2.66. The summed E-state index contributed by atoms with van der Waals surface area (Å²) in [5, 5.41) is 3.58. The van der Waals surface area contributed by atoms with Crippen molar-refractivity contribution in [1.29, 1.82) is 0 Å². The number of nitrogens with zero attached hydrogens (tertiary/aromatic N) is 2. The van der Waals surface area contributed by atoms with Gasteiger partial charge in [-0.05, 0) is 18.8 Å². The van der Waals surface area contributed by atoms with Gasteiger partial charge in [0, 0.05) is 6.42 Å². The SMILES string of the molecule is NC(=O)c1nc([CH]C2CC2)no1. The summed E-state index contributed by atoms with van der Waals surface area (Å²) in [6.07, 6.45) is 4.22. The van der Waals surface area contributed by atoms with Gasteiger partial charge in [0.25, 0.3) is 0 Å². The van der Waals surface area contributed by atoms with E-state index in [-0.39, 0.29) is 5.89 Å². The summed E-state index contributed by atoms with van der Waals surface area (Å²) in [5.74, 6) is 0.217. The number of amides is 1. The first-order valence-electron chi connectivity index (χ1n) is 3.74. The van der Waals surface area contributed by atoms with Gasteiger partial charge in [0.05, 0.1) is 0 Å². The molecule has 2 N–H and O–H groups in total. The van der Waals surface area contributed by atoms with Gasteiger partial charge in [-0.2, -0.15) is 4.98 Å². The second-order valence-electron chi connectivity index (χ2n) is 2.83. The maximum atomic E-state index is 10.5. The highest BCUT2D eigenvalue weighted by molar-refractivity contribution is 5.87. The molecule has 5 heteroatoms. The van der Waals surface area contributed by atoms with Gasteiger partial charge >= 0.3 is 11.8 Å². The van der Waals surface area contributed by atoms with Crippen molar-refractivity contribution in [2.75, 3.05) is 0 Å². The molecule has 2 rings (SSSR count). The van der Waals surface area contributed by atoms with E-state index in [2.05, 4.69) is 14.7 Å². The number of rotatable bonds is 3. The lowest BCUT2D eigenvalue weighted by Gasteiger charge is -1.84. The molecule has 0 saturated heterocycles. The molecule has 0 aromatic carbocycles. The van der Waals surface area contributed by atoms with Crippen molar-refractivity contribution in [3.8, 4) is 0 Å². The molecule has 1 aromatic heterocycles. The quantitative estimate of drug-likeness (QED) is 0.691. The van der Waals surface area contributed by atoms with E-state index < -0.39 is 5.91 Å². The van der Waals surface area contributed by atoms with Crippen LogP contribution in [-0.2, 0) is 0 Å². The van der Waals surface area contributed by atoms with Crippen LogP contribution in [0.3, 0.4) is 0 Å². The summed E-state index contributed by atoms with van der Waals surface area (Å²) >= 11 is 0. The number of hydrogen-bond acceptors (Lipinski definition) is 4. The first-order valence-corrected chi connectivity index (χ1v) is 3.74. The van der Waals surface area contributed by atoms with Crippen LogP contribution < -0.4 is 5.73 Å². The second-order valence-corrected chi connectivity index (χ2v) is 2.83. The van der Waals surface area contributed by atoms with Gasteiger partial charge in [-0.15, -0.1) is 0 Å². The number of carbonyl (C=O) groups excluding carboxylic acids is 1. The highest BCUT2D eigenvalue weighted by atomic mass is 16.5. The van der Waals surface area contributed by atoms with E-state index in [1.807, 2.05) is 6.42 Å². The molecule has 1 fully saturated rings. The second kappa shape index (κ2) is 2.58. The Hall–Kier alpha value is -1.39. The zero-order chi connectivity index (χ0) is 8.55. The molecular formula is C7H8N3O2. The fraction of sp³-hybridized carbons (Fsp3) is 0.429. The third kappa shape index (κ3) is 1.44. The molecule has 1 amide bonds. The van der Waals surface area contributed by atoms with Gasteiger partial charge in [0.15, 0.2) is 5.82 Å². The van der Waals surface area contributed by atoms with Crippen molar-refractivity contribution in [2.24, 2.45) is 11.7 Å². The Morgan fingerprint density at radius 3 is 2.92 bits per heavy atom. The van der Waals surface area contributed by atoms with Gasteiger partial charge < -0.3 is 10.3 Å². The van der Waals surface area contributed by atoms with Crippen molar-refractivity contribution in [1.82, 2.24) is 10.1 Å². The molecule has 0 unspecified atom stereocenters. The van der Waals surface area contributed by atoms with Gasteiger partial charge in [0.1, 0.15) is 0 Å². The van der Waals surface area contributed by atoms with E-state index in [0.29, 0.717) is 11.7 Å². The van der Waals surface area contributed by atoms with E-state index in [4.69, 9.17) is 5.73 Å². The number of aromatic nitrogens is 2. The minimum Gasteiger partial charge on any atom is -0.361 e. The van der Waals surface area contributed by atoms with Crippen LogP contribution in [0.4, 0.5) is 0 Å². The highest BCUT2D eigenvalue weighted by Gasteiger charge is 2.25. The molecule has 1 aliphatic rings. The maximum Gasteiger partial charge on any atom is 0.315 e. The summed E-state index contributed by atoms with van der Waals surface area (Å²) in [7, 11) is 0. The summed E-state index contributed by atoms with van der Waals surface area (Å²) in [4.78, 5) is 14.3. The van der Waals surface area contributed by atoms with Crippen LogP contribution in [0.2, 0.25) is 0 Å². The minimum atomic E-state index is -0.682. The molecule has 1 aromatic rings. The molecule has 1 heterocycles. The molecule has 0 spiro atoms. The fourth-order valence-corrected chi connectivity index (χ4v) is 0.876. The smallest absolute Gasteiger partial charge is 0.315 e. The highest BCUT2D eigenvalue weighted by Crippen LogP contribution is 2.33. The van der Waals surface area contributed by atoms with E-state index in [0.717, 1.165) is 0 Å². The van der Waals surface area contributed by atoms with Crippen LogP contribution in [0.15, 0.2) is 4.52 Å². The van der Waals surface area contributed by atoms with Crippen molar-refractivity contribution in [2.45, 2.75) is 12.8 Å². The monoisotopic (exact) mass is 166 g/mol. The van der Waals surface area contributed by atoms with E-state index in [9.17, 15) is 4.79 Å². The maximum absolute atomic E-state index is 10.5. The lowest BCUT2D eigenvalue weighted by atomic mass is 10.3. The van der Waals surface area contributed by atoms with Crippen molar-refractivity contribution >= 4 is 5.91 Å². The van der Waals surface area contributed by atoms with E-state index in [1.54, 1.807) is 0 Å². The Bertz CT molecular complexity index is 303. The van der Waals surface area contributed by atoms with Crippen LogP contribution in [0, 0.1) is 12.3 Å². The molecule has 1 saturated carbocycles. The van der Waals surface area contributed by atoms with Crippen LogP contribution >= 0.6 is 0 Å². The largest absolute Gasteiger partial charge is 0.361 e. The van der Waals surface area contributed by atoms with Crippen molar-refractivity contribution in [3.05, 3.63) is 18.1 Å². The van der Waals surface area contributed by atoms with Crippen LogP contribution in [0.25, 0.3) is 0 Å². The third-order valence-corrected chi connectivity index (χ3v) is 1.66. The molecule has 63 valence electrons. The topological polar surface area (TPSA) is 82.0 Å². The Morgan fingerprint density at radius 2 is 2.42 bits per heavy atom. The number of primary amides is 1. The molecule has 12 heavy (non-hydrogen) atoms. The summed E-state index contributed by atoms with van der Waals surface area (Å²) in [6.45, 7) is 0. The number of hydrogen-bond donors (Lipinski definition) is 1. The lowest BCUT2D eigenvalue weighted by Crippen LogP contribution is -2.11. The van der Waals surface area contributed by atoms with Crippen LogP contribution in [0.5, 0.6) is 0 Å². The molecule has 0 aliphatic heterocycles. The molecule has 1 radical (unpaired) electrons. The molecule has 5 nitrogen and oxygen atoms in total. The Labute approximate surface area is 68.9 Å². The van der Waals surface area contributed by atoms with Crippen molar-refractivity contribution in [3.63, 3.8) is 0 Å².